The zero-order valence-electron chi connectivity index (χ0n) is 16.0. The molecule has 1 spiro atoms. The van der Waals surface area contributed by atoms with Crippen LogP contribution in [0.15, 0.2) is 30.3 Å². The minimum absolute atomic E-state index is 0.0101. The summed E-state index contributed by atoms with van der Waals surface area (Å²) in [5.74, 6) is 0.983. The van der Waals surface area contributed by atoms with Crippen LogP contribution in [0.1, 0.15) is 29.0 Å². The first kappa shape index (κ1) is 18.1. The van der Waals surface area contributed by atoms with Crippen molar-refractivity contribution in [3.8, 4) is 0 Å². The maximum Gasteiger partial charge on any atom is 0.251 e. The number of fused-ring (bicyclic) bond motifs is 1. The van der Waals surface area contributed by atoms with Crippen molar-refractivity contribution in [1.82, 2.24) is 25.4 Å². The Labute approximate surface area is 168 Å². The summed E-state index contributed by atoms with van der Waals surface area (Å²) in [7, 11) is 0. The van der Waals surface area contributed by atoms with Crippen molar-refractivity contribution in [1.29, 1.82) is 0 Å². The average Bonchev–Trinajstić information content (AvgIpc) is 3.47. The third-order valence-electron chi connectivity index (χ3n) is 6.54. The number of nitrogens with zero attached hydrogens (tertiary/aromatic N) is 3. The molecule has 3 fully saturated rings. The second-order valence-corrected chi connectivity index (χ2v) is 8.20. The molecule has 3 aliphatic rings. The number of amides is 2. The highest BCUT2D eigenvalue weighted by atomic mass is 16.5. The Morgan fingerprint density at radius 1 is 1.34 bits per heavy atom. The third kappa shape index (κ3) is 3.15. The zero-order valence-corrected chi connectivity index (χ0v) is 16.0. The van der Waals surface area contributed by atoms with Crippen molar-refractivity contribution < 1.29 is 14.3 Å². The Kier molecular flexibility index (Phi) is 4.27. The van der Waals surface area contributed by atoms with Gasteiger partial charge in [-0.25, -0.2) is 0 Å². The van der Waals surface area contributed by atoms with Crippen LogP contribution in [0.4, 0.5) is 5.95 Å². The average molecular weight is 396 g/mol. The van der Waals surface area contributed by atoms with Gasteiger partial charge in [0.25, 0.3) is 5.91 Å². The molecule has 5 rings (SSSR count). The Balaban J connectivity index is 1.24. The van der Waals surface area contributed by atoms with E-state index in [9.17, 15) is 9.59 Å². The molecule has 4 heterocycles. The summed E-state index contributed by atoms with van der Waals surface area (Å²) >= 11 is 0. The molecule has 3 saturated heterocycles. The molecule has 2 bridgehead atoms. The Morgan fingerprint density at radius 3 is 2.93 bits per heavy atom. The van der Waals surface area contributed by atoms with E-state index < -0.39 is 0 Å². The molecule has 2 amide bonds. The summed E-state index contributed by atoms with van der Waals surface area (Å²) in [5.41, 5.74) is 5.89. The lowest BCUT2D eigenvalue weighted by Crippen LogP contribution is -2.41. The predicted molar refractivity (Wildman–Crippen MR) is 104 cm³/mol. The number of hydrogen-bond donors (Lipinski definition) is 3. The van der Waals surface area contributed by atoms with Crippen LogP contribution in [0, 0.1) is 11.8 Å². The van der Waals surface area contributed by atoms with Gasteiger partial charge in [-0.2, -0.15) is 4.98 Å². The standard InChI is InChI=1S/C20H24N6O3/c21-19-23-16(24-25-19)8-17(27)26-10-14-13(15-6-7-20(14,11-26)29-15)9-22-18(28)12-4-2-1-3-5-12/h1-5,13-15H,6-11H2,(H,22,28)(H3,21,23,24,25)/t13-,14+,15+,20+/m0/s1. The van der Waals surface area contributed by atoms with Crippen LogP contribution in [0.2, 0.25) is 0 Å². The monoisotopic (exact) mass is 396 g/mol. The number of hydrogen-bond acceptors (Lipinski definition) is 6. The van der Waals surface area contributed by atoms with Crippen molar-refractivity contribution in [2.45, 2.75) is 31.0 Å². The smallest absolute Gasteiger partial charge is 0.251 e. The first-order chi connectivity index (χ1) is 14.0. The molecule has 29 heavy (non-hydrogen) atoms. The van der Waals surface area contributed by atoms with Gasteiger partial charge in [-0.3, -0.25) is 14.7 Å². The van der Waals surface area contributed by atoms with E-state index in [1.54, 1.807) is 12.1 Å². The van der Waals surface area contributed by atoms with E-state index in [2.05, 4.69) is 20.5 Å². The van der Waals surface area contributed by atoms with Gasteiger partial charge in [-0.15, -0.1) is 5.10 Å². The predicted octanol–water partition coefficient (Wildman–Crippen LogP) is 0.365. The SMILES string of the molecule is Nc1n[nH]c(CC(=O)N2C[C@@H]3[C@H](CNC(=O)c4ccccc4)[C@H]4CC[C@]3(C2)O4)n1. The van der Waals surface area contributed by atoms with Crippen molar-refractivity contribution in [2.24, 2.45) is 11.8 Å². The second-order valence-electron chi connectivity index (χ2n) is 8.20. The topological polar surface area (TPSA) is 126 Å². The van der Waals surface area contributed by atoms with Gasteiger partial charge in [0.1, 0.15) is 5.82 Å². The summed E-state index contributed by atoms with van der Waals surface area (Å²) in [5, 5.41) is 9.52. The van der Waals surface area contributed by atoms with Gasteiger partial charge in [0.2, 0.25) is 11.9 Å². The summed E-state index contributed by atoms with van der Waals surface area (Å²) in [6.45, 7) is 1.80. The molecule has 0 radical (unpaired) electrons. The van der Waals surface area contributed by atoms with Crippen LogP contribution < -0.4 is 11.1 Å². The minimum atomic E-state index is -0.275. The molecular formula is C20H24N6O3. The Bertz CT molecular complexity index is 931. The molecule has 4 atom stereocenters. The van der Waals surface area contributed by atoms with Gasteiger partial charge in [-0.1, -0.05) is 18.2 Å². The number of carbonyl (C=O) groups excluding carboxylic acids is 2. The molecule has 4 N–H and O–H groups in total. The first-order valence-electron chi connectivity index (χ1n) is 10.00. The van der Waals surface area contributed by atoms with Crippen LogP contribution in [0.3, 0.4) is 0 Å². The maximum absolute atomic E-state index is 12.8. The molecule has 0 unspecified atom stereocenters. The number of anilines is 1. The molecule has 0 saturated carbocycles. The fourth-order valence-corrected chi connectivity index (χ4v) is 5.20. The molecule has 152 valence electrons. The Hall–Kier alpha value is -2.94. The summed E-state index contributed by atoms with van der Waals surface area (Å²) in [4.78, 5) is 31.1. The van der Waals surface area contributed by atoms with E-state index in [4.69, 9.17) is 10.5 Å². The van der Waals surface area contributed by atoms with E-state index in [1.165, 1.54) is 0 Å². The number of aromatic nitrogens is 3. The largest absolute Gasteiger partial charge is 0.369 e. The number of rotatable bonds is 5. The van der Waals surface area contributed by atoms with Crippen LogP contribution in [0.25, 0.3) is 0 Å². The molecule has 2 aromatic rings. The lowest BCUT2D eigenvalue weighted by atomic mass is 9.73. The van der Waals surface area contributed by atoms with Crippen molar-refractivity contribution in [3.63, 3.8) is 0 Å². The first-order valence-corrected chi connectivity index (χ1v) is 10.00. The molecule has 1 aromatic heterocycles. The van der Waals surface area contributed by atoms with E-state index in [1.807, 2.05) is 23.1 Å². The number of aromatic amines is 1. The van der Waals surface area contributed by atoms with Crippen molar-refractivity contribution >= 4 is 17.8 Å². The lowest BCUT2D eigenvalue weighted by Gasteiger charge is -2.29. The van der Waals surface area contributed by atoms with Crippen molar-refractivity contribution in [3.05, 3.63) is 41.7 Å². The molecule has 3 aliphatic heterocycles. The normalized spacial score (nSPS) is 29.8. The van der Waals surface area contributed by atoms with Crippen LogP contribution in [-0.4, -0.2) is 63.2 Å². The minimum Gasteiger partial charge on any atom is -0.369 e. The quantitative estimate of drug-likeness (QED) is 0.670. The fraction of sp³-hybridized carbons (Fsp3) is 0.500. The lowest BCUT2D eigenvalue weighted by molar-refractivity contribution is -0.131. The van der Waals surface area contributed by atoms with Gasteiger partial charge in [0, 0.05) is 30.5 Å². The summed E-state index contributed by atoms with van der Waals surface area (Å²) in [6, 6.07) is 9.21. The van der Waals surface area contributed by atoms with Crippen LogP contribution >= 0.6 is 0 Å². The summed E-state index contributed by atoms with van der Waals surface area (Å²) < 4.78 is 6.37. The number of ether oxygens (including phenoxy) is 1. The maximum atomic E-state index is 12.8. The van der Waals surface area contributed by atoms with Crippen LogP contribution in [-0.2, 0) is 16.0 Å². The van der Waals surface area contributed by atoms with E-state index in [0.717, 1.165) is 12.8 Å². The number of nitrogen functional groups attached to an aromatic ring is 1. The second kappa shape index (κ2) is 6.84. The highest BCUT2D eigenvalue weighted by Crippen LogP contribution is 2.54. The van der Waals surface area contributed by atoms with Gasteiger partial charge in [0.05, 0.1) is 24.7 Å². The zero-order chi connectivity index (χ0) is 20.0. The molecule has 0 aliphatic carbocycles. The van der Waals surface area contributed by atoms with Crippen molar-refractivity contribution in [2.75, 3.05) is 25.4 Å². The molecule has 1 aromatic carbocycles. The van der Waals surface area contributed by atoms with Crippen LogP contribution in [0.5, 0.6) is 0 Å². The third-order valence-corrected chi connectivity index (χ3v) is 6.54. The number of benzene rings is 1. The molecule has 9 nitrogen and oxygen atoms in total. The van der Waals surface area contributed by atoms with E-state index in [-0.39, 0.29) is 47.7 Å². The molecule has 9 heteroatoms. The van der Waals surface area contributed by atoms with E-state index in [0.29, 0.717) is 31.0 Å². The number of H-pyrrole nitrogens is 1. The van der Waals surface area contributed by atoms with E-state index >= 15 is 0 Å². The van der Waals surface area contributed by atoms with Gasteiger partial charge >= 0.3 is 0 Å². The van der Waals surface area contributed by atoms with Gasteiger partial charge < -0.3 is 20.7 Å². The number of nitrogens with two attached hydrogens (primary N) is 1. The van der Waals surface area contributed by atoms with Gasteiger partial charge in [-0.05, 0) is 25.0 Å². The highest BCUT2D eigenvalue weighted by molar-refractivity contribution is 5.94. The highest BCUT2D eigenvalue weighted by Gasteiger charge is 2.63. The number of carbonyl (C=O) groups is 2. The fourth-order valence-electron chi connectivity index (χ4n) is 5.20. The van der Waals surface area contributed by atoms with Gasteiger partial charge in [0.15, 0.2) is 0 Å². The summed E-state index contributed by atoms with van der Waals surface area (Å²) in [6.07, 6.45) is 2.24. The number of nitrogens with one attached hydrogen (secondary N) is 2. The molecular weight excluding hydrogens is 372 g/mol. The Morgan fingerprint density at radius 2 is 2.17 bits per heavy atom. The number of likely N-dealkylation sites (tertiary alicyclic amines) is 1.